The van der Waals surface area contributed by atoms with Crippen LogP contribution in [0.4, 0.5) is 11.6 Å². The third kappa shape index (κ3) is 3.76. The Bertz CT molecular complexity index is 807. The van der Waals surface area contributed by atoms with Gasteiger partial charge in [0.15, 0.2) is 0 Å². The van der Waals surface area contributed by atoms with E-state index >= 15 is 0 Å². The van der Waals surface area contributed by atoms with Crippen molar-refractivity contribution < 1.29 is 14.3 Å². The van der Waals surface area contributed by atoms with Gasteiger partial charge in [-0.15, -0.1) is 0 Å². The Morgan fingerprint density at radius 1 is 1.40 bits per heavy atom. The molecule has 0 saturated heterocycles. The predicted octanol–water partition coefficient (Wildman–Crippen LogP) is 2.33. The molecule has 130 valence electrons. The number of aromatic nitrogens is 2. The highest BCUT2D eigenvalue weighted by Gasteiger charge is 2.24. The number of fused-ring (bicyclic) bond motifs is 1. The van der Waals surface area contributed by atoms with Crippen molar-refractivity contribution in [1.29, 1.82) is 0 Å². The number of aryl methyl sites for hydroxylation is 2. The molecule has 3 rings (SSSR count). The van der Waals surface area contributed by atoms with E-state index in [4.69, 9.17) is 4.74 Å². The number of hydrogen-bond acceptors (Lipinski definition) is 6. The lowest BCUT2D eigenvalue weighted by atomic mass is 10.1. The van der Waals surface area contributed by atoms with Gasteiger partial charge in [0, 0.05) is 11.9 Å². The molecule has 1 unspecified atom stereocenters. The highest BCUT2D eigenvalue weighted by atomic mass is 16.5. The maximum atomic E-state index is 12.4. The van der Waals surface area contributed by atoms with Crippen molar-refractivity contribution in [3.05, 3.63) is 47.3 Å². The summed E-state index contributed by atoms with van der Waals surface area (Å²) < 4.78 is 4.96. The van der Waals surface area contributed by atoms with Crippen LogP contribution in [0.5, 0.6) is 0 Å². The Morgan fingerprint density at radius 2 is 2.20 bits per heavy atom. The first kappa shape index (κ1) is 16.9. The van der Waals surface area contributed by atoms with Gasteiger partial charge in [0.2, 0.25) is 11.9 Å². The van der Waals surface area contributed by atoms with E-state index in [1.165, 1.54) is 6.20 Å². The number of ether oxygens (including phenoxy) is 1. The molecule has 0 fully saturated rings. The van der Waals surface area contributed by atoms with Crippen LogP contribution in [0.25, 0.3) is 0 Å². The second-order valence-corrected chi connectivity index (χ2v) is 5.80. The molecule has 0 saturated carbocycles. The number of benzene rings is 1. The lowest BCUT2D eigenvalue weighted by Gasteiger charge is -2.15. The number of rotatable bonds is 4. The second-order valence-electron chi connectivity index (χ2n) is 5.80. The number of hydrogen-bond donors (Lipinski definition) is 2. The van der Waals surface area contributed by atoms with E-state index in [-0.39, 0.29) is 5.91 Å². The summed E-state index contributed by atoms with van der Waals surface area (Å²) >= 11 is 0. The van der Waals surface area contributed by atoms with Gasteiger partial charge in [0.05, 0.1) is 17.9 Å². The minimum absolute atomic E-state index is 0.124. The molecule has 2 N–H and O–H groups in total. The number of nitrogens with one attached hydrogen (secondary N) is 2. The zero-order chi connectivity index (χ0) is 17.8. The van der Waals surface area contributed by atoms with Crippen LogP contribution in [0.15, 0.2) is 30.5 Å². The number of nitrogens with zero attached hydrogens (tertiary/aromatic N) is 2. The fraction of sp³-hybridized carbons (Fsp3) is 0.333. The summed E-state index contributed by atoms with van der Waals surface area (Å²) in [7, 11) is 0. The second kappa shape index (κ2) is 7.29. The van der Waals surface area contributed by atoms with E-state index in [0.717, 1.165) is 17.7 Å². The SMILES string of the molecule is CCOC(=O)c1cnc(NC2CCc3ccccc3NC2=O)nc1C. The average Bonchev–Trinajstić information content (AvgIpc) is 2.74. The highest BCUT2D eigenvalue weighted by Crippen LogP contribution is 2.22. The van der Waals surface area contributed by atoms with Crippen LogP contribution in [0, 0.1) is 6.92 Å². The quantitative estimate of drug-likeness (QED) is 0.830. The number of anilines is 2. The maximum absolute atomic E-state index is 12.4. The van der Waals surface area contributed by atoms with E-state index in [0.29, 0.717) is 30.2 Å². The molecule has 1 aliphatic heterocycles. The summed E-state index contributed by atoms with van der Waals surface area (Å²) in [6.45, 7) is 3.75. The van der Waals surface area contributed by atoms with Crippen LogP contribution in [-0.2, 0) is 16.0 Å². The fourth-order valence-corrected chi connectivity index (χ4v) is 2.75. The summed E-state index contributed by atoms with van der Waals surface area (Å²) in [5.74, 6) is -0.258. The Morgan fingerprint density at radius 3 is 2.96 bits per heavy atom. The number of esters is 1. The zero-order valence-corrected chi connectivity index (χ0v) is 14.2. The van der Waals surface area contributed by atoms with Crippen molar-refractivity contribution in [2.45, 2.75) is 32.7 Å². The minimum atomic E-state index is -0.450. The van der Waals surface area contributed by atoms with Crippen molar-refractivity contribution in [2.75, 3.05) is 17.2 Å². The smallest absolute Gasteiger partial charge is 0.341 e. The van der Waals surface area contributed by atoms with Gasteiger partial charge in [-0.3, -0.25) is 4.79 Å². The molecule has 25 heavy (non-hydrogen) atoms. The van der Waals surface area contributed by atoms with E-state index in [1.807, 2.05) is 24.3 Å². The summed E-state index contributed by atoms with van der Waals surface area (Å²) in [6.07, 6.45) is 2.82. The van der Waals surface area contributed by atoms with Crippen LogP contribution >= 0.6 is 0 Å². The van der Waals surface area contributed by atoms with Gasteiger partial charge in [0.1, 0.15) is 6.04 Å². The van der Waals surface area contributed by atoms with Gasteiger partial charge in [-0.05, 0) is 38.3 Å². The third-order valence-corrected chi connectivity index (χ3v) is 4.07. The number of para-hydroxylation sites is 1. The monoisotopic (exact) mass is 340 g/mol. The fourth-order valence-electron chi connectivity index (χ4n) is 2.75. The summed E-state index contributed by atoms with van der Waals surface area (Å²) in [5, 5.41) is 5.98. The molecule has 2 aromatic rings. The largest absolute Gasteiger partial charge is 0.462 e. The number of carbonyl (C=O) groups excluding carboxylic acids is 2. The van der Waals surface area contributed by atoms with Crippen molar-refractivity contribution in [3.63, 3.8) is 0 Å². The lowest BCUT2D eigenvalue weighted by Crippen LogP contribution is -2.34. The molecule has 1 amide bonds. The van der Waals surface area contributed by atoms with Gasteiger partial charge in [-0.25, -0.2) is 14.8 Å². The van der Waals surface area contributed by atoms with Gasteiger partial charge >= 0.3 is 5.97 Å². The van der Waals surface area contributed by atoms with Crippen molar-refractivity contribution in [1.82, 2.24) is 9.97 Å². The molecule has 2 heterocycles. The molecule has 1 aliphatic rings. The topological polar surface area (TPSA) is 93.2 Å². The van der Waals surface area contributed by atoms with Gasteiger partial charge in [0.25, 0.3) is 0 Å². The Hall–Kier alpha value is -2.96. The third-order valence-electron chi connectivity index (χ3n) is 4.07. The Labute approximate surface area is 145 Å². The molecule has 0 bridgehead atoms. The predicted molar refractivity (Wildman–Crippen MR) is 93.5 cm³/mol. The van der Waals surface area contributed by atoms with E-state index in [2.05, 4.69) is 20.6 Å². The zero-order valence-electron chi connectivity index (χ0n) is 14.2. The first-order valence-electron chi connectivity index (χ1n) is 8.24. The van der Waals surface area contributed by atoms with Crippen LogP contribution in [0.3, 0.4) is 0 Å². The van der Waals surface area contributed by atoms with Crippen LogP contribution in [0.1, 0.15) is 35.0 Å². The summed E-state index contributed by atoms with van der Waals surface area (Å²) in [4.78, 5) is 32.7. The molecule has 7 heteroatoms. The van der Waals surface area contributed by atoms with Gasteiger partial charge in [-0.1, -0.05) is 18.2 Å². The van der Waals surface area contributed by atoms with Gasteiger partial charge < -0.3 is 15.4 Å². The molecular formula is C18H20N4O3. The van der Waals surface area contributed by atoms with Crippen LogP contribution in [0.2, 0.25) is 0 Å². The number of carbonyl (C=O) groups is 2. The van der Waals surface area contributed by atoms with Crippen molar-refractivity contribution in [2.24, 2.45) is 0 Å². The summed E-state index contributed by atoms with van der Waals surface area (Å²) in [6, 6.07) is 7.31. The molecule has 0 spiro atoms. The lowest BCUT2D eigenvalue weighted by molar-refractivity contribution is -0.116. The van der Waals surface area contributed by atoms with Crippen molar-refractivity contribution in [3.8, 4) is 0 Å². The van der Waals surface area contributed by atoms with Crippen LogP contribution < -0.4 is 10.6 Å². The van der Waals surface area contributed by atoms with E-state index in [1.54, 1.807) is 13.8 Å². The first-order valence-corrected chi connectivity index (χ1v) is 8.24. The Kier molecular flexibility index (Phi) is 4.92. The first-order chi connectivity index (χ1) is 12.1. The molecule has 1 aromatic carbocycles. The minimum Gasteiger partial charge on any atom is -0.462 e. The standard InChI is InChI=1S/C18H20N4O3/c1-3-25-17(24)13-10-19-18(20-11(13)2)22-15-9-8-12-6-4-5-7-14(12)21-16(15)23/h4-7,10,15H,3,8-9H2,1-2H3,(H,21,23)(H,19,20,22). The molecule has 1 atom stereocenters. The highest BCUT2D eigenvalue weighted by molar-refractivity contribution is 5.97. The average molecular weight is 340 g/mol. The molecule has 1 aromatic heterocycles. The normalized spacial score (nSPS) is 16.4. The van der Waals surface area contributed by atoms with Crippen molar-refractivity contribution >= 4 is 23.5 Å². The molecule has 0 radical (unpaired) electrons. The molecular weight excluding hydrogens is 320 g/mol. The molecule has 7 nitrogen and oxygen atoms in total. The Balaban J connectivity index is 1.73. The maximum Gasteiger partial charge on any atom is 0.341 e. The van der Waals surface area contributed by atoms with E-state index < -0.39 is 12.0 Å². The van der Waals surface area contributed by atoms with Gasteiger partial charge in [-0.2, -0.15) is 0 Å². The summed E-state index contributed by atoms with van der Waals surface area (Å²) in [5.41, 5.74) is 2.78. The number of amides is 1. The molecule has 0 aliphatic carbocycles. The van der Waals surface area contributed by atoms with Crippen LogP contribution in [-0.4, -0.2) is 34.5 Å². The van der Waals surface area contributed by atoms with E-state index in [9.17, 15) is 9.59 Å².